The number of rotatable bonds is 3. The van der Waals surface area contributed by atoms with Crippen LogP contribution in [0.5, 0.6) is 0 Å². The lowest BCUT2D eigenvalue weighted by molar-refractivity contribution is 0.652. The van der Waals surface area contributed by atoms with E-state index in [-0.39, 0.29) is 0 Å². The second kappa shape index (κ2) is 6.81. The number of aromatic nitrogens is 3. The van der Waals surface area contributed by atoms with Gasteiger partial charge in [-0.1, -0.05) is 48.5 Å². The average molecular weight is 403 g/mol. The fourth-order valence-corrected chi connectivity index (χ4v) is 4.40. The minimum absolute atomic E-state index is 0.677. The summed E-state index contributed by atoms with van der Waals surface area (Å²) in [5.74, 6) is 0.908. The van der Waals surface area contributed by atoms with Crippen LogP contribution in [0.25, 0.3) is 44.5 Å². The zero-order chi connectivity index (χ0) is 20.9. The van der Waals surface area contributed by atoms with Crippen LogP contribution < -0.4 is 0 Å². The van der Waals surface area contributed by atoms with E-state index < -0.39 is 0 Å². The van der Waals surface area contributed by atoms with Gasteiger partial charge >= 0.3 is 0 Å². The van der Waals surface area contributed by atoms with Crippen molar-refractivity contribution in [2.24, 2.45) is 0 Å². The number of nitrogens with zero attached hydrogens (tertiary/aromatic N) is 3. The van der Waals surface area contributed by atoms with Gasteiger partial charge in [0.2, 0.25) is 5.71 Å². The van der Waals surface area contributed by atoms with Crippen LogP contribution in [0.3, 0.4) is 0 Å². The first-order valence-corrected chi connectivity index (χ1v) is 10.5. The molecular weight excluding hydrogens is 382 g/mol. The molecule has 31 heavy (non-hydrogen) atoms. The van der Waals surface area contributed by atoms with Gasteiger partial charge in [-0.05, 0) is 55.3 Å². The Bertz CT molecular complexity index is 1570. The van der Waals surface area contributed by atoms with E-state index in [9.17, 15) is 0 Å². The van der Waals surface area contributed by atoms with Crippen molar-refractivity contribution >= 4 is 33.1 Å². The van der Waals surface area contributed by atoms with Gasteiger partial charge in [0.05, 0.1) is 16.6 Å². The molecule has 6 rings (SSSR count). The van der Waals surface area contributed by atoms with Crippen LogP contribution in [0.1, 0.15) is 16.8 Å². The van der Waals surface area contributed by atoms with Crippen LogP contribution in [-0.2, 0) is 6.54 Å². The van der Waals surface area contributed by atoms with Gasteiger partial charge in [-0.2, -0.15) is 0 Å². The second-order valence-electron chi connectivity index (χ2n) is 8.04. The maximum atomic E-state index is 6.34. The molecule has 0 amide bonds. The van der Waals surface area contributed by atoms with Crippen LogP contribution in [0.4, 0.5) is 0 Å². The summed E-state index contributed by atoms with van der Waals surface area (Å²) < 4.78 is 8.61. The molecule has 0 aliphatic heterocycles. The normalized spacial score (nSPS) is 11.7. The molecule has 0 spiro atoms. The number of imidazole rings is 1. The summed E-state index contributed by atoms with van der Waals surface area (Å²) in [6, 6.07) is 27.2. The molecule has 0 N–H and O–H groups in total. The molecule has 6 aromatic rings. The Morgan fingerprint density at radius 2 is 1.61 bits per heavy atom. The van der Waals surface area contributed by atoms with E-state index in [1.54, 1.807) is 0 Å². The molecule has 0 unspecified atom stereocenters. The van der Waals surface area contributed by atoms with Gasteiger partial charge in [0, 0.05) is 23.0 Å². The van der Waals surface area contributed by atoms with Gasteiger partial charge in [-0.3, -0.25) is 0 Å². The summed E-state index contributed by atoms with van der Waals surface area (Å²) in [5, 5.41) is 2.16. The summed E-state index contributed by atoms with van der Waals surface area (Å²) in [7, 11) is 0. The molecule has 0 atom stereocenters. The Labute approximate surface area is 179 Å². The highest BCUT2D eigenvalue weighted by Gasteiger charge is 2.20. The Balaban J connectivity index is 1.66. The fraction of sp³-hybridized carbons (Fsp3) is 0.111. The Hall–Kier alpha value is -3.92. The molecule has 4 heteroatoms. The number of aryl methyl sites for hydroxylation is 2. The molecule has 4 nitrogen and oxygen atoms in total. The molecule has 3 aromatic heterocycles. The maximum Gasteiger partial charge on any atom is 0.227 e. The standard InChI is InChI=1S/C27H21N3O/c1-17-12-14-21(25-24(17)20-15-13-18(2)28-27(20)31-25)26-29-22-10-6-7-11-23(22)30(26)16-19-8-4-3-5-9-19/h3-15H,16H2,1-2H3. The highest BCUT2D eigenvalue weighted by Crippen LogP contribution is 2.38. The number of fused-ring (bicyclic) bond motifs is 4. The first-order chi connectivity index (χ1) is 15.2. The predicted molar refractivity (Wildman–Crippen MR) is 125 cm³/mol. The zero-order valence-electron chi connectivity index (χ0n) is 17.5. The molecule has 3 aromatic carbocycles. The van der Waals surface area contributed by atoms with E-state index in [0.29, 0.717) is 5.71 Å². The number of furan rings is 1. The van der Waals surface area contributed by atoms with Crippen molar-refractivity contribution < 1.29 is 4.42 Å². The number of pyridine rings is 1. The first-order valence-electron chi connectivity index (χ1n) is 10.5. The minimum atomic E-state index is 0.677. The summed E-state index contributed by atoms with van der Waals surface area (Å²) in [4.78, 5) is 9.66. The predicted octanol–water partition coefficient (Wildman–Crippen LogP) is 6.66. The van der Waals surface area contributed by atoms with Crippen molar-refractivity contribution in [3.63, 3.8) is 0 Å². The number of benzene rings is 3. The van der Waals surface area contributed by atoms with E-state index in [1.807, 2.05) is 25.1 Å². The topological polar surface area (TPSA) is 43.9 Å². The minimum Gasteiger partial charge on any atom is -0.437 e. The molecular formula is C27H21N3O. The molecule has 0 aliphatic carbocycles. The highest BCUT2D eigenvalue weighted by atomic mass is 16.3. The lowest BCUT2D eigenvalue weighted by Crippen LogP contribution is -2.02. The molecule has 0 fully saturated rings. The SMILES string of the molecule is Cc1ccc2c(n1)oc1c(-c3nc4ccccc4n3Cc3ccccc3)ccc(C)c12. The maximum absolute atomic E-state index is 6.34. The monoisotopic (exact) mass is 403 g/mol. The molecule has 0 aliphatic rings. The average Bonchev–Trinajstić information content (AvgIpc) is 3.34. The van der Waals surface area contributed by atoms with Gasteiger partial charge < -0.3 is 8.98 Å². The summed E-state index contributed by atoms with van der Waals surface area (Å²) in [6.45, 7) is 4.84. The van der Waals surface area contributed by atoms with E-state index in [0.717, 1.165) is 51.0 Å². The Morgan fingerprint density at radius 1 is 0.806 bits per heavy atom. The van der Waals surface area contributed by atoms with E-state index in [4.69, 9.17) is 9.40 Å². The second-order valence-corrected chi connectivity index (χ2v) is 8.04. The van der Waals surface area contributed by atoms with Crippen molar-refractivity contribution in [3.05, 3.63) is 95.7 Å². The lowest BCUT2D eigenvalue weighted by Gasteiger charge is -2.10. The molecule has 0 radical (unpaired) electrons. The van der Waals surface area contributed by atoms with Crippen LogP contribution in [0.15, 0.2) is 83.3 Å². The van der Waals surface area contributed by atoms with Gasteiger partial charge in [-0.15, -0.1) is 0 Å². The highest BCUT2D eigenvalue weighted by molar-refractivity contribution is 6.10. The molecule has 0 saturated carbocycles. The van der Waals surface area contributed by atoms with Crippen LogP contribution >= 0.6 is 0 Å². The molecule has 0 saturated heterocycles. The zero-order valence-corrected chi connectivity index (χ0v) is 17.5. The summed E-state index contributed by atoms with van der Waals surface area (Å²) >= 11 is 0. The van der Waals surface area contributed by atoms with Crippen molar-refractivity contribution in [1.29, 1.82) is 0 Å². The van der Waals surface area contributed by atoms with Gasteiger partial charge in [-0.25, -0.2) is 9.97 Å². The quantitative estimate of drug-likeness (QED) is 0.332. The third-order valence-electron chi connectivity index (χ3n) is 5.91. The van der Waals surface area contributed by atoms with Crippen molar-refractivity contribution in [3.8, 4) is 11.4 Å². The Morgan fingerprint density at radius 3 is 2.48 bits per heavy atom. The van der Waals surface area contributed by atoms with Gasteiger partial charge in [0.1, 0.15) is 11.4 Å². The van der Waals surface area contributed by atoms with Gasteiger partial charge in [0.25, 0.3) is 0 Å². The van der Waals surface area contributed by atoms with E-state index >= 15 is 0 Å². The molecule has 0 bridgehead atoms. The van der Waals surface area contributed by atoms with Crippen molar-refractivity contribution in [2.45, 2.75) is 20.4 Å². The van der Waals surface area contributed by atoms with E-state index in [2.05, 4.69) is 77.1 Å². The van der Waals surface area contributed by atoms with Gasteiger partial charge in [0.15, 0.2) is 0 Å². The molecule has 150 valence electrons. The lowest BCUT2D eigenvalue weighted by atomic mass is 10.0. The largest absolute Gasteiger partial charge is 0.437 e. The van der Waals surface area contributed by atoms with Crippen LogP contribution in [0, 0.1) is 13.8 Å². The summed E-state index contributed by atoms with van der Waals surface area (Å²) in [5.41, 5.74) is 7.96. The first kappa shape index (κ1) is 17.9. The number of hydrogen-bond acceptors (Lipinski definition) is 3. The fourth-order valence-electron chi connectivity index (χ4n) is 4.40. The van der Waals surface area contributed by atoms with Crippen LogP contribution in [-0.4, -0.2) is 14.5 Å². The number of para-hydroxylation sites is 2. The molecule has 3 heterocycles. The summed E-state index contributed by atoms with van der Waals surface area (Å²) in [6.07, 6.45) is 0. The van der Waals surface area contributed by atoms with Crippen molar-refractivity contribution in [1.82, 2.24) is 14.5 Å². The van der Waals surface area contributed by atoms with Crippen molar-refractivity contribution in [2.75, 3.05) is 0 Å². The van der Waals surface area contributed by atoms with E-state index in [1.165, 1.54) is 11.1 Å². The van der Waals surface area contributed by atoms with Crippen LogP contribution in [0.2, 0.25) is 0 Å². The third-order valence-corrected chi connectivity index (χ3v) is 5.91. The number of hydrogen-bond donors (Lipinski definition) is 0. The smallest absolute Gasteiger partial charge is 0.227 e. The Kier molecular flexibility index (Phi) is 3.93. The third kappa shape index (κ3) is 2.83.